The molecule has 0 aliphatic rings. The second kappa shape index (κ2) is 18.8. The van der Waals surface area contributed by atoms with Crippen molar-refractivity contribution < 1.29 is 66.8 Å². The number of nitrogens with one attached hydrogen (secondary N) is 2. The molecule has 0 saturated carbocycles. The van der Waals surface area contributed by atoms with Gasteiger partial charge < -0.3 is 20.6 Å². The Kier molecular flexibility index (Phi) is 18.7. The van der Waals surface area contributed by atoms with Crippen molar-refractivity contribution in [2.24, 2.45) is 0 Å². The van der Waals surface area contributed by atoms with E-state index in [0.717, 1.165) is 22.3 Å². The molecule has 0 fully saturated rings. The minimum Gasteiger partial charge on any atom is -0.748 e. The Bertz CT molecular complexity index is 1300. The summed E-state index contributed by atoms with van der Waals surface area (Å²) in [6, 6.07) is 36.7. The molecule has 0 radical (unpaired) electrons. The summed E-state index contributed by atoms with van der Waals surface area (Å²) < 4.78 is 54.5. The van der Waals surface area contributed by atoms with E-state index in [4.69, 9.17) is 37.4 Å². The summed E-state index contributed by atoms with van der Waals surface area (Å²) in [5.41, 5.74) is 20.3. The van der Waals surface area contributed by atoms with E-state index in [0.29, 0.717) is 23.9 Å². The van der Waals surface area contributed by atoms with Crippen molar-refractivity contribution in [3.8, 4) is 22.3 Å². The maximum absolute atomic E-state index is 9.08. The Morgan fingerprint density at radius 1 is 0.553 bits per heavy atom. The van der Waals surface area contributed by atoms with Crippen LogP contribution in [0.1, 0.15) is 0 Å². The Labute approximate surface area is 252 Å². The van der Waals surface area contributed by atoms with Crippen LogP contribution in [0.15, 0.2) is 97.1 Å². The molecule has 8 nitrogen and oxygen atoms in total. The van der Waals surface area contributed by atoms with Gasteiger partial charge in [-0.05, 0) is 0 Å². The molecule has 0 spiro atoms. The van der Waals surface area contributed by atoms with Crippen LogP contribution in [0.25, 0.3) is 33.7 Å². The molecule has 0 aliphatic carbocycles. The van der Waals surface area contributed by atoms with Crippen LogP contribution >= 0.6 is 0 Å². The molecule has 38 heavy (non-hydrogen) atoms. The van der Waals surface area contributed by atoms with Crippen LogP contribution < -0.4 is 0 Å². The van der Waals surface area contributed by atoms with Gasteiger partial charge in [-0.2, -0.15) is 11.4 Å². The first-order chi connectivity index (χ1) is 16.8. The molecule has 212 valence electrons. The number of hydrogen-bond acceptors (Lipinski definition) is 6. The number of benzene rings is 4. The molecule has 4 aromatic rings. The molecule has 4 rings (SSSR count). The number of hydrogen-bond donors (Lipinski definition) is 0. The average Bonchev–Trinajstić information content (AvgIpc) is 2.79. The topological polar surface area (TPSA) is 162 Å². The summed E-state index contributed by atoms with van der Waals surface area (Å²) in [7, 11) is -7.83. The summed E-state index contributed by atoms with van der Waals surface area (Å²) in [6.45, 7) is 0. The van der Waals surface area contributed by atoms with Crippen molar-refractivity contribution in [1.29, 1.82) is 0 Å². The summed E-state index contributed by atoms with van der Waals surface area (Å²) in [6.07, 6.45) is 1.21. The number of rotatable bonds is 2. The fourth-order valence-electron chi connectivity index (χ4n) is 2.56. The predicted octanol–water partition coefficient (Wildman–Crippen LogP) is 5.99. The van der Waals surface area contributed by atoms with Gasteiger partial charge in [-0.1, -0.05) is 48.5 Å². The molecule has 4 aromatic carbocycles. The fourth-order valence-corrected chi connectivity index (χ4v) is 2.56. The molecule has 2 N–H and O–H groups in total. The van der Waals surface area contributed by atoms with Crippen LogP contribution in [0.3, 0.4) is 0 Å². The molecule has 0 heterocycles. The summed E-state index contributed by atoms with van der Waals surface area (Å²) in [5.74, 6) is 0. The zero-order chi connectivity index (χ0) is 27.2. The molecular formula is C26H24N2O6Pd2S2-6. The van der Waals surface area contributed by atoms with Crippen LogP contribution in [0.4, 0.5) is 11.4 Å². The third-order valence-corrected chi connectivity index (χ3v) is 3.85. The van der Waals surface area contributed by atoms with Gasteiger partial charge in [0.25, 0.3) is 0 Å². The molecule has 12 heteroatoms. The van der Waals surface area contributed by atoms with E-state index in [-0.39, 0.29) is 40.8 Å². The first kappa shape index (κ1) is 37.8. The van der Waals surface area contributed by atoms with Crippen molar-refractivity contribution in [1.82, 2.24) is 0 Å². The second-order valence-electron chi connectivity index (χ2n) is 7.05. The van der Waals surface area contributed by atoms with Gasteiger partial charge in [-0.15, -0.1) is 82.9 Å². The first-order valence-corrected chi connectivity index (χ1v) is 13.8. The first-order valence-electron chi connectivity index (χ1n) is 10.1. The Morgan fingerprint density at radius 3 is 1.05 bits per heavy atom. The maximum atomic E-state index is 9.08. The minimum atomic E-state index is -3.92. The molecular weight excluding hydrogens is 713 g/mol. The summed E-state index contributed by atoms with van der Waals surface area (Å²) >= 11 is 0. The van der Waals surface area contributed by atoms with Gasteiger partial charge in [-0.3, -0.25) is 0 Å². The van der Waals surface area contributed by atoms with Gasteiger partial charge >= 0.3 is 0 Å². The van der Waals surface area contributed by atoms with Gasteiger partial charge in [-0.25, -0.2) is 16.8 Å². The predicted molar refractivity (Wildman–Crippen MR) is 141 cm³/mol. The van der Waals surface area contributed by atoms with E-state index in [1.165, 1.54) is 0 Å². The fraction of sp³-hybridized carbons (Fsp3) is 0.0769. The molecule has 0 unspecified atom stereocenters. The van der Waals surface area contributed by atoms with Gasteiger partial charge in [0.1, 0.15) is 0 Å². The van der Waals surface area contributed by atoms with Gasteiger partial charge in [0.05, 0.1) is 20.2 Å². The monoisotopic (exact) mass is 736 g/mol. The second-order valence-corrected chi connectivity index (χ2v) is 9.87. The van der Waals surface area contributed by atoms with Crippen LogP contribution in [0.2, 0.25) is 0 Å². The quantitative estimate of drug-likeness (QED) is 0.139. The molecule has 0 aromatic heterocycles. The molecule has 0 aliphatic heterocycles. The van der Waals surface area contributed by atoms with Crippen molar-refractivity contribution in [3.63, 3.8) is 0 Å². The van der Waals surface area contributed by atoms with Gasteiger partial charge in [0, 0.05) is 53.4 Å². The largest absolute Gasteiger partial charge is 0.748 e. The smallest absolute Gasteiger partial charge is 0.0916 e. The van der Waals surface area contributed by atoms with Crippen LogP contribution in [-0.2, 0) is 61.1 Å². The van der Waals surface area contributed by atoms with E-state index in [1.54, 1.807) is 12.1 Å². The Morgan fingerprint density at radius 2 is 0.816 bits per heavy atom. The molecule has 0 saturated heterocycles. The molecule has 0 bridgehead atoms. The zero-order valence-electron chi connectivity index (χ0n) is 20.1. The van der Waals surface area contributed by atoms with Crippen LogP contribution in [0.5, 0.6) is 0 Å². The zero-order valence-corrected chi connectivity index (χ0v) is 24.9. The third kappa shape index (κ3) is 18.8. The van der Waals surface area contributed by atoms with E-state index < -0.39 is 20.2 Å². The van der Waals surface area contributed by atoms with E-state index in [9.17, 15) is 0 Å². The van der Waals surface area contributed by atoms with Gasteiger partial charge in [0.15, 0.2) is 0 Å². The SMILES string of the molecule is CS(=O)(=O)[O-].CS(=O)(=O)[O-].[NH-]c1ccccc1-c1[c-]cccc1.[NH-]c1ccccc1-c1[c-]cccc1.[Pd].[Pd]. The van der Waals surface area contributed by atoms with Crippen molar-refractivity contribution in [2.75, 3.05) is 12.5 Å². The van der Waals surface area contributed by atoms with Crippen molar-refractivity contribution >= 4 is 31.6 Å². The standard InChI is InChI=1S/2C12H9N.2CH4O3S.2Pd/c2*13-12-9-5-4-8-11(12)10-6-2-1-3-7-10;2*1-5(2,3)4;;/h2*1-6,8-9,13H;2*1H3,(H,2,3,4);;/q2*-2;;;;/p-2. The Balaban J connectivity index is 0. The van der Waals surface area contributed by atoms with Crippen LogP contribution in [0, 0.1) is 12.1 Å². The van der Waals surface area contributed by atoms with Crippen molar-refractivity contribution in [2.45, 2.75) is 0 Å². The molecule has 0 atom stereocenters. The summed E-state index contributed by atoms with van der Waals surface area (Å²) in [5, 5.41) is 0. The Hall–Kier alpha value is -2.38. The molecule has 0 amide bonds. The van der Waals surface area contributed by atoms with Gasteiger partial charge in [0.2, 0.25) is 0 Å². The summed E-state index contributed by atoms with van der Waals surface area (Å²) in [4.78, 5) is 0. The third-order valence-electron chi connectivity index (χ3n) is 3.85. The van der Waals surface area contributed by atoms with Crippen LogP contribution in [-0.4, -0.2) is 38.5 Å². The minimum absolute atomic E-state index is 0. The average molecular weight is 737 g/mol. The van der Waals surface area contributed by atoms with E-state index in [1.807, 2.05) is 84.9 Å². The van der Waals surface area contributed by atoms with Crippen molar-refractivity contribution in [3.05, 3.63) is 121 Å². The maximum Gasteiger partial charge on any atom is 0.0916 e. The van der Waals surface area contributed by atoms with E-state index >= 15 is 0 Å². The normalized spacial score (nSPS) is 9.79. The van der Waals surface area contributed by atoms with E-state index in [2.05, 4.69) is 12.1 Å².